The highest BCUT2D eigenvalue weighted by molar-refractivity contribution is 5.69. The molecule has 1 N–H and O–H groups in total. The summed E-state index contributed by atoms with van der Waals surface area (Å²) in [7, 11) is 0. The molecule has 23 heavy (non-hydrogen) atoms. The van der Waals surface area contributed by atoms with Crippen molar-refractivity contribution in [2.24, 2.45) is 11.8 Å². The number of benzene rings is 1. The van der Waals surface area contributed by atoms with Crippen LogP contribution >= 0.6 is 0 Å². The molecule has 3 unspecified atom stereocenters. The van der Waals surface area contributed by atoms with E-state index in [0.717, 1.165) is 19.5 Å². The van der Waals surface area contributed by atoms with E-state index in [1.165, 1.54) is 5.56 Å². The molecule has 0 radical (unpaired) electrons. The molecule has 0 aromatic heterocycles. The second kappa shape index (κ2) is 6.16. The van der Waals surface area contributed by atoms with Crippen LogP contribution < -0.4 is 5.32 Å². The summed E-state index contributed by atoms with van der Waals surface area (Å²) in [5, 5.41) is 3.79. The first kappa shape index (κ1) is 16.3. The summed E-state index contributed by atoms with van der Waals surface area (Å²) < 4.78 is 5.46. The standard InChI is InChI=1S/C19H28N2O2/c1-5-16(13-9-7-6-8-10-13)20-17-14-11-21(12-15(14)17)18(22)23-19(2,3)4/h6-10,14-17,20H,5,11-12H2,1-4H3. The summed E-state index contributed by atoms with van der Waals surface area (Å²) in [6.07, 6.45) is 0.911. The number of rotatable bonds is 4. The van der Waals surface area contributed by atoms with E-state index in [1.807, 2.05) is 25.7 Å². The van der Waals surface area contributed by atoms with E-state index in [2.05, 4.69) is 42.6 Å². The van der Waals surface area contributed by atoms with Crippen LogP contribution in [0.4, 0.5) is 4.79 Å². The van der Waals surface area contributed by atoms with Crippen LogP contribution in [-0.2, 0) is 4.74 Å². The summed E-state index contributed by atoms with van der Waals surface area (Å²) in [6.45, 7) is 9.61. The number of carbonyl (C=O) groups is 1. The van der Waals surface area contributed by atoms with E-state index >= 15 is 0 Å². The van der Waals surface area contributed by atoms with Crippen molar-refractivity contribution >= 4 is 6.09 Å². The molecule has 1 aliphatic heterocycles. The van der Waals surface area contributed by atoms with Crippen molar-refractivity contribution in [1.29, 1.82) is 0 Å². The van der Waals surface area contributed by atoms with Crippen LogP contribution in [0.25, 0.3) is 0 Å². The molecule has 1 saturated carbocycles. The maximum atomic E-state index is 12.1. The zero-order valence-electron chi connectivity index (χ0n) is 14.6. The molecule has 2 fully saturated rings. The normalized spacial score (nSPS) is 27.5. The summed E-state index contributed by atoms with van der Waals surface area (Å²) in [5.41, 5.74) is 0.936. The molecule has 1 aromatic carbocycles. The Hall–Kier alpha value is -1.55. The zero-order chi connectivity index (χ0) is 16.6. The van der Waals surface area contributed by atoms with Gasteiger partial charge in [0.05, 0.1) is 0 Å². The summed E-state index contributed by atoms with van der Waals surface area (Å²) in [6, 6.07) is 11.6. The molecule has 4 heteroatoms. The summed E-state index contributed by atoms with van der Waals surface area (Å²) in [5.74, 6) is 1.17. The van der Waals surface area contributed by atoms with Gasteiger partial charge in [0.2, 0.25) is 0 Å². The molecule has 4 nitrogen and oxygen atoms in total. The number of nitrogens with zero attached hydrogens (tertiary/aromatic N) is 1. The van der Waals surface area contributed by atoms with E-state index in [-0.39, 0.29) is 6.09 Å². The van der Waals surface area contributed by atoms with Crippen molar-refractivity contribution in [2.75, 3.05) is 13.1 Å². The number of likely N-dealkylation sites (tertiary alicyclic amines) is 1. The second-order valence-electron chi connectivity index (χ2n) is 7.78. The molecule has 126 valence electrons. The minimum Gasteiger partial charge on any atom is -0.444 e. The van der Waals surface area contributed by atoms with Crippen molar-refractivity contribution < 1.29 is 9.53 Å². The van der Waals surface area contributed by atoms with Crippen LogP contribution in [0.3, 0.4) is 0 Å². The largest absolute Gasteiger partial charge is 0.444 e. The van der Waals surface area contributed by atoms with Crippen molar-refractivity contribution in [3.8, 4) is 0 Å². The number of hydrogen-bond donors (Lipinski definition) is 1. The van der Waals surface area contributed by atoms with Gasteiger partial charge in [-0.2, -0.15) is 0 Å². The highest BCUT2D eigenvalue weighted by Gasteiger charge is 2.57. The smallest absolute Gasteiger partial charge is 0.410 e. The molecular formula is C19H28N2O2. The van der Waals surface area contributed by atoms with E-state index in [1.54, 1.807) is 0 Å². The third-order valence-corrected chi connectivity index (χ3v) is 4.85. The van der Waals surface area contributed by atoms with E-state index in [0.29, 0.717) is 23.9 Å². The van der Waals surface area contributed by atoms with Gasteiger partial charge in [0.25, 0.3) is 0 Å². The number of piperidine rings is 1. The van der Waals surface area contributed by atoms with E-state index in [9.17, 15) is 4.79 Å². The average molecular weight is 316 g/mol. The Morgan fingerprint density at radius 2 is 1.87 bits per heavy atom. The minimum atomic E-state index is -0.415. The van der Waals surface area contributed by atoms with Crippen LogP contribution in [0.2, 0.25) is 0 Å². The van der Waals surface area contributed by atoms with Crippen molar-refractivity contribution in [2.45, 2.75) is 51.8 Å². The van der Waals surface area contributed by atoms with Crippen LogP contribution in [0, 0.1) is 11.8 Å². The maximum Gasteiger partial charge on any atom is 0.410 e. The highest BCUT2D eigenvalue weighted by atomic mass is 16.6. The lowest BCUT2D eigenvalue weighted by Gasteiger charge is -2.26. The van der Waals surface area contributed by atoms with E-state index in [4.69, 9.17) is 4.74 Å². The van der Waals surface area contributed by atoms with Gasteiger partial charge >= 0.3 is 6.09 Å². The van der Waals surface area contributed by atoms with Gasteiger partial charge in [-0.1, -0.05) is 37.3 Å². The number of carbonyl (C=O) groups excluding carboxylic acids is 1. The monoisotopic (exact) mass is 316 g/mol. The molecule has 1 amide bonds. The van der Waals surface area contributed by atoms with Gasteiger partial charge in [-0.05, 0) is 44.6 Å². The quantitative estimate of drug-likeness (QED) is 0.923. The maximum absolute atomic E-state index is 12.1. The molecule has 0 bridgehead atoms. The first-order valence-electron chi connectivity index (χ1n) is 8.68. The van der Waals surface area contributed by atoms with Crippen LogP contribution in [-0.4, -0.2) is 35.7 Å². The fraction of sp³-hybridized carbons (Fsp3) is 0.632. The number of hydrogen-bond acceptors (Lipinski definition) is 3. The van der Waals surface area contributed by atoms with Gasteiger partial charge in [-0.15, -0.1) is 0 Å². The molecule has 1 saturated heterocycles. The fourth-order valence-corrected chi connectivity index (χ4v) is 3.62. The molecular weight excluding hydrogens is 288 g/mol. The molecule has 0 spiro atoms. The van der Waals surface area contributed by atoms with E-state index < -0.39 is 5.60 Å². The molecule has 2 aliphatic rings. The van der Waals surface area contributed by atoms with Crippen LogP contribution in [0.15, 0.2) is 30.3 Å². The topological polar surface area (TPSA) is 41.6 Å². The van der Waals surface area contributed by atoms with Gasteiger partial charge in [0.1, 0.15) is 5.60 Å². The van der Waals surface area contributed by atoms with Gasteiger partial charge in [0, 0.05) is 25.2 Å². The zero-order valence-corrected chi connectivity index (χ0v) is 14.6. The van der Waals surface area contributed by atoms with Gasteiger partial charge < -0.3 is 15.0 Å². The Bertz CT molecular complexity index is 540. The fourth-order valence-electron chi connectivity index (χ4n) is 3.62. The SMILES string of the molecule is CCC(NC1C2CN(C(=O)OC(C)(C)C)CC21)c1ccccc1. The number of amides is 1. The van der Waals surface area contributed by atoms with Crippen molar-refractivity contribution in [3.05, 3.63) is 35.9 Å². The predicted molar refractivity (Wildman–Crippen MR) is 91.2 cm³/mol. The minimum absolute atomic E-state index is 0.168. The van der Waals surface area contributed by atoms with Crippen LogP contribution in [0.1, 0.15) is 45.7 Å². The summed E-state index contributed by atoms with van der Waals surface area (Å²) >= 11 is 0. The Balaban J connectivity index is 1.51. The molecule has 3 rings (SSSR count). The summed E-state index contributed by atoms with van der Waals surface area (Å²) in [4.78, 5) is 14.0. The van der Waals surface area contributed by atoms with Gasteiger partial charge in [-0.3, -0.25) is 0 Å². The third kappa shape index (κ3) is 3.69. The van der Waals surface area contributed by atoms with Gasteiger partial charge in [0.15, 0.2) is 0 Å². The number of fused-ring (bicyclic) bond motifs is 1. The first-order valence-corrected chi connectivity index (χ1v) is 8.68. The molecule has 1 aliphatic carbocycles. The number of ether oxygens (including phenoxy) is 1. The second-order valence-corrected chi connectivity index (χ2v) is 7.78. The lowest BCUT2D eigenvalue weighted by molar-refractivity contribution is 0.0268. The Morgan fingerprint density at radius 3 is 2.39 bits per heavy atom. The number of nitrogens with one attached hydrogen (secondary N) is 1. The Morgan fingerprint density at radius 1 is 1.26 bits per heavy atom. The predicted octanol–water partition coefficient (Wildman–Crippen LogP) is 3.59. The molecule has 3 atom stereocenters. The molecule has 1 aromatic rings. The average Bonchev–Trinajstić information content (AvgIpc) is 2.93. The Kier molecular flexibility index (Phi) is 4.37. The Labute approximate surface area is 139 Å². The first-order chi connectivity index (χ1) is 10.9. The lowest BCUT2D eigenvalue weighted by Crippen LogP contribution is -2.39. The molecule has 1 heterocycles. The lowest BCUT2D eigenvalue weighted by atomic mass is 10.0. The highest BCUT2D eigenvalue weighted by Crippen LogP contribution is 2.47. The third-order valence-electron chi connectivity index (χ3n) is 4.85. The van der Waals surface area contributed by atoms with Gasteiger partial charge in [-0.25, -0.2) is 4.79 Å². The van der Waals surface area contributed by atoms with Crippen molar-refractivity contribution in [1.82, 2.24) is 10.2 Å². The van der Waals surface area contributed by atoms with Crippen molar-refractivity contribution in [3.63, 3.8) is 0 Å². The van der Waals surface area contributed by atoms with Crippen LogP contribution in [0.5, 0.6) is 0 Å².